The number of para-hydroxylation sites is 1. The van der Waals surface area contributed by atoms with Gasteiger partial charge in [0, 0.05) is 28.4 Å². The van der Waals surface area contributed by atoms with Crippen LogP contribution >= 0.6 is 0 Å². The lowest BCUT2D eigenvalue weighted by molar-refractivity contribution is 0.0425. The van der Waals surface area contributed by atoms with Gasteiger partial charge >= 0.3 is 0 Å². The minimum absolute atomic E-state index is 0.223. The van der Waals surface area contributed by atoms with Gasteiger partial charge in [-0.3, -0.25) is 0 Å². The molecular formula is C33H43NO. The van der Waals surface area contributed by atoms with Crippen molar-refractivity contribution in [2.24, 2.45) is 5.92 Å². The molecule has 4 rings (SSSR count). The van der Waals surface area contributed by atoms with Gasteiger partial charge in [-0.05, 0) is 67.3 Å². The highest BCUT2D eigenvalue weighted by atomic mass is 16.5. The average Bonchev–Trinajstić information content (AvgIpc) is 3.21. The Morgan fingerprint density at radius 2 is 1.54 bits per heavy atom. The first-order chi connectivity index (χ1) is 17.1. The molecule has 0 aliphatic rings. The Balaban J connectivity index is 1.57. The molecule has 2 nitrogen and oxygen atoms in total. The van der Waals surface area contributed by atoms with E-state index in [0.717, 1.165) is 25.3 Å². The number of unbranched alkanes of at least 4 members (excludes halogenated alkanes) is 1. The first-order valence-corrected chi connectivity index (χ1v) is 13.8. The highest BCUT2D eigenvalue weighted by molar-refractivity contribution is 6.08. The maximum atomic E-state index is 6.23. The molecule has 3 aromatic carbocycles. The van der Waals surface area contributed by atoms with Crippen LogP contribution in [-0.2, 0) is 17.9 Å². The first kappa shape index (κ1) is 25.5. The molecule has 186 valence electrons. The Hall–Kier alpha value is -2.58. The number of rotatable bonds is 13. The van der Waals surface area contributed by atoms with E-state index in [-0.39, 0.29) is 6.10 Å². The van der Waals surface area contributed by atoms with Crippen LogP contribution in [0.5, 0.6) is 0 Å². The molecule has 35 heavy (non-hydrogen) atoms. The van der Waals surface area contributed by atoms with E-state index in [1.54, 1.807) is 0 Å². The fourth-order valence-electron chi connectivity index (χ4n) is 5.52. The summed E-state index contributed by atoms with van der Waals surface area (Å²) in [7, 11) is 0. The molecule has 3 unspecified atom stereocenters. The van der Waals surface area contributed by atoms with E-state index in [2.05, 4.69) is 105 Å². The van der Waals surface area contributed by atoms with Gasteiger partial charge < -0.3 is 9.30 Å². The molecule has 0 saturated heterocycles. The zero-order chi connectivity index (χ0) is 24.6. The number of hydrogen-bond acceptors (Lipinski definition) is 1. The Morgan fingerprint density at radius 3 is 2.29 bits per heavy atom. The van der Waals surface area contributed by atoms with Gasteiger partial charge in [0.2, 0.25) is 0 Å². The molecule has 1 aromatic heterocycles. The zero-order valence-corrected chi connectivity index (χ0v) is 22.2. The van der Waals surface area contributed by atoms with E-state index in [9.17, 15) is 0 Å². The molecule has 2 heteroatoms. The smallest absolute Gasteiger partial charge is 0.0720 e. The second kappa shape index (κ2) is 12.4. The van der Waals surface area contributed by atoms with Crippen LogP contribution in [0.4, 0.5) is 0 Å². The van der Waals surface area contributed by atoms with Gasteiger partial charge in [0.25, 0.3) is 0 Å². The summed E-state index contributed by atoms with van der Waals surface area (Å²) in [5, 5.41) is 2.79. The first-order valence-electron chi connectivity index (χ1n) is 13.8. The van der Waals surface area contributed by atoms with Crippen molar-refractivity contribution in [3.63, 3.8) is 0 Å². The minimum Gasteiger partial charge on any atom is -0.374 e. The van der Waals surface area contributed by atoms with E-state index in [0.29, 0.717) is 12.5 Å². The van der Waals surface area contributed by atoms with Gasteiger partial charge in [-0.2, -0.15) is 0 Å². The van der Waals surface area contributed by atoms with Crippen molar-refractivity contribution in [3.8, 4) is 0 Å². The predicted octanol–water partition coefficient (Wildman–Crippen LogP) is 9.50. The summed E-state index contributed by atoms with van der Waals surface area (Å²) < 4.78 is 8.82. The van der Waals surface area contributed by atoms with Crippen LogP contribution < -0.4 is 0 Å². The number of nitrogens with zero attached hydrogens (tertiary/aromatic N) is 1. The standard InChI is InChI=1S/C33H43NO/c1-5-8-14-26(6-2)23-34-32-18-13-12-17-30(32)31-22-29(19-20-33(31)34)28(7-3)21-25(4)35-24-27-15-10-9-11-16-27/h9-13,15-20,22,25-26,28H,5-8,14,21,23-24H2,1-4H3. The summed E-state index contributed by atoms with van der Waals surface area (Å²) in [6, 6.07) is 26.7. The van der Waals surface area contributed by atoms with Gasteiger partial charge in [-0.25, -0.2) is 0 Å². The van der Waals surface area contributed by atoms with Crippen molar-refractivity contribution in [2.45, 2.75) is 91.4 Å². The summed E-state index contributed by atoms with van der Waals surface area (Å²) in [6.45, 7) is 11.0. The van der Waals surface area contributed by atoms with Crippen LogP contribution in [0.1, 0.15) is 83.3 Å². The number of aromatic nitrogens is 1. The normalized spacial score (nSPS) is 14.4. The molecule has 0 bridgehead atoms. The fraction of sp³-hybridized carbons (Fsp3) is 0.455. The van der Waals surface area contributed by atoms with Gasteiger partial charge in [-0.1, -0.05) is 94.6 Å². The van der Waals surface area contributed by atoms with Crippen molar-refractivity contribution in [1.82, 2.24) is 4.57 Å². The molecule has 0 N–H and O–H groups in total. The van der Waals surface area contributed by atoms with Crippen LogP contribution in [0.2, 0.25) is 0 Å². The van der Waals surface area contributed by atoms with Gasteiger partial charge in [-0.15, -0.1) is 0 Å². The third-order valence-electron chi connectivity index (χ3n) is 7.74. The lowest BCUT2D eigenvalue weighted by atomic mass is 9.90. The summed E-state index contributed by atoms with van der Waals surface area (Å²) in [4.78, 5) is 0. The maximum absolute atomic E-state index is 6.23. The lowest BCUT2D eigenvalue weighted by Crippen LogP contribution is -2.13. The van der Waals surface area contributed by atoms with Gasteiger partial charge in [0.05, 0.1) is 12.7 Å². The molecule has 0 spiro atoms. The molecule has 0 aliphatic carbocycles. The van der Waals surface area contributed by atoms with Crippen molar-refractivity contribution >= 4 is 21.8 Å². The van der Waals surface area contributed by atoms with Crippen LogP contribution in [0.15, 0.2) is 72.8 Å². The van der Waals surface area contributed by atoms with E-state index in [1.807, 2.05) is 0 Å². The zero-order valence-electron chi connectivity index (χ0n) is 22.2. The Bertz CT molecular complexity index is 1190. The van der Waals surface area contributed by atoms with Crippen molar-refractivity contribution in [1.29, 1.82) is 0 Å². The Labute approximate surface area is 212 Å². The summed E-state index contributed by atoms with van der Waals surface area (Å²) in [6.07, 6.45) is 7.55. The van der Waals surface area contributed by atoms with E-state index >= 15 is 0 Å². The SMILES string of the molecule is CCCCC(CC)Cn1c2ccccc2c2cc(C(CC)CC(C)OCc3ccccc3)ccc21. The molecule has 3 atom stereocenters. The molecule has 0 saturated carbocycles. The summed E-state index contributed by atoms with van der Waals surface area (Å²) in [5.74, 6) is 1.24. The van der Waals surface area contributed by atoms with Gasteiger partial charge in [0.1, 0.15) is 0 Å². The number of benzene rings is 3. The van der Waals surface area contributed by atoms with Crippen molar-refractivity contribution in [3.05, 3.63) is 83.9 Å². The molecule has 4 aromatic rings. The molecule has 0 radical (unpaired) electrons. The minimum atomic E-state index is 0.223. The largest absolute Gasteiger partial charge is 0.374 e. The quantitative estimate of drug-likeness (QED) is 0.190. The van der Waals surface area contributed by atoms with Crippen LogP contribution in [0.25, 0.3) is 21.8 Å². The molecule has 1 heterocycles. The molecule has 0 amide bonds. The van der Waals surface area contributed by atoms with E-state index in [1.165, 1.54) is 58.6 Å². The topological polar surface area (TPSA) is 14.2 Å². The van der Waals surface area contributed by atoms with Gasteiger partial charge in [0.15, 0.2) is 0 Å². The average molecular weight is 470 g/mol. The second-order valence-corrected chi connectivity index (χ2v) is 10.3. The highest BCUT2D eigenvalue weighted by Crippen LogP contribution is 2.35. The predicted molar refractivity (Wildman–Crippen MR) is 151 cm³/mol. The van der Waals surface area contributed by atoms with Crippen LogP contribution in [0.3, 0.4) is 0 Å². The lowest BCUT2D eigenvalue weighted by Gasteiger charge is -2.21. The Kier molecular flexibility index (Phi) is 9.04. The van der Waals surface area contributed by atoms with E-state index < -0.39 is 0 Å². The third-order valence-corrected chi connectivity index (χ3v) is 7.74. The van der Waals surface area contributed by atoms with E-state index in [4.69, 9.17) is 4.74 Å². The summed E-state index contributed by atoms with van der Waals surface area (Å²) in [5.41, 5.74) is 5.44. The Morgan fingerprint density at radius 1 is 0.800 bits per heavy atom. The van der Waals surface area contributed by atoms with Crippen LogP contribution in [-0.4, -0.2) is 10.7 Å². The number of hydrogen-bond donors (Lipinski definition) is 0. The van der Waals surface area contributed by atoms with Crippen molar-refractivity contribution in [2.75, 3.05) is 0 Å². The summed E-state index contributed by atoms with van der Waals surface area (Å²) >= 11 is 0. The highest BCUT2D eigenvalue weighted by Gasteiger charge is 2.18. The molecule has 0 fully saturated rings. The van der Waals surface area contributed by atoms with Crippen LogP contribution in [0, 0.1) is 5.92 Å². The van der Waals surface area contributed by atoms with Crippen molar-refractivity contribution < 1.29 is 4.74 Å². The molecular weight excluding hydrogens is 426 g/mol. The maximum Gasteiger partial charge on any atom is 0.0720 e. The second-order valence-electron chi connectivity index (χ2n) is 10.3. The third kappa shape index (κ3) is 6.16. The number of ether oxygens (including phenoxy) is 1. The number of fused-ring (bicyclic) bond motifs is 3. The fourth-order valence-corrected chi connectivity index (χ4v) is 5.52. The monoisotopic (exact) mass is 469 g/mol. The molecule has 0 aliphatic heterocycles.